The highest BCUT2D eigenvalue weighted by atomic mass is 16.2. The Bertz CT molecular complexity index is 498. The molecule has 0 aromatic carbocycles. The minimum atomic E-state index is -0.0377. The summed E-state index contributed by atoms with van der Waals surface area (Å²) in [4.78, 5) is 32.1. The van der Waals surface area contributed by atoms with Crippen LogP contribution in [-0.2, 0) is 4.79 Å². The zero-order chi connectivity index (χ0) is 15.9. The Labute approximate surface area is 131 Å². The zero-order valence-electron chi connectivity index (χ0n) is 13.3. The maximum Gasteiger partial charge on any atom is 0.272 e. The second-order valence-electron chi connectivity index (χ2n) is 5.66. The van der Waals surface area contributed by atoms with E-state index in [1.807, 2.05) is 19.9 Å². The summed E-state index contributed by atoms with van der Waals surface area (Å²) in [6, 6.07) is 5.55. The number of pyridine rings is 1. The lowest BCUT2D eigenvalue weighted by molar-refractivity contribution is -0.123. The van der Waals surface area contributed by atoms with Gasteiger partial charge in [-0.25, -0.2) is 0 Å². The van der Waals surface area contributed by atoms with Gasteiger partial charge in [0.1, 0.15) is 5.69 Å². The predicted octanol–water partition coefficient (Wildman–Crippen LogP) is 0.754. The Hall–Kier alpha value is -1.95. The van der Waals surface area contributed by atoms with Crippen molar-refractivity contribution in [2.45, 2.75) is 26.3 Å². The van der Waals surface area contributed by atoms with E-state index in [1.54, 1.807) is 23.2 Å². The van der Waals surface area contributed by atoms with E-state index < -0.39 is 0 Å². The van der Waals surface area contributed by atoms with Crippen molar-refractivity contribution in [3.8, 4) is 0 Å². The monoisotopic (exact) mass is 304 g/mol. The fourth-order valence-electron chi connectivity index (χ4n) is 2.39. The summed E-state index contributed by atoms with van der Waals surface area (Å²) in [6.45, 7) is 7.14. The van der Waals surface area contributed by atoms with Crippen molar-refractivity contribution >= 4 is 11.8 Å². The number of amides is 2. The third-order valence-electron chi connectivity index (χ3n) is 3.93. The van der Waals surface area contributed by atoms with Crippen LogP contribution in [0.3, 0.4) is 0 Å². The van der Waals surface area contributed by atoms with Gasteiger partial charge >= 0.3 is 0 Å². The Morgan fingerprint density at radius 3 is 2.59 bits per heavy atom. The maximum absolute atomic E-state index is 12.3. The van der Waals surface area contributed by atoms with Crippen LogP contribution in [0.15, 0.2) is 24.4 Å². The number of aromatic nitrogens is 1. The molecule has 1 N–H and O–H groups in total. The molecule has 1 saturated heterocycles. The van der Waals surface area contributed by atoms with E-state index in [-0.39, 0.29) is 17.9 Å². The Morgan fingerprint density at radius 2 is 2.00 bits per heavy atom. The largest absolute Gasteiger partial charge is 0.353 e. The van der Waals surface area contributed by atoms with Crippen LogP contribution in [0.5, 0.6) is 0 Å². The van der Waals surface area contributed by atoms with Crippen LogP contribution in [0.25, 0.3) is 0 Å². The van der Waals surface area contributed by atoms with Crippen molar-refractivity contribution in [1.29, 1.82) is 0 Å². The van der Waals surface area contributed by atoms with Crippen LogP contribution >= 0.6 is 0 Å². The van der Waals surface area contributed by atoms with Crippen molar-refractivity contribution in [1.82, 2.24) is 20.1 Å². The first kappa shape index (κ1) is 16.4. The molecule has 1 aliphatic heterocycles. The number of piperazine rings is 1. The summed E-state index contributed by atoms with van der Waals surface area (Å²) in [5.41, 5.74) is 0.477. The summed E-state index contributed by atoms with van der Waals surface area (Å²) in [7, 11) is 0. The molecule has 6 nitrogen and oxygen atoms in total. The first-order chi connectivity index (χ1) is 10.6. The van der Waals surface area contributed by atoms with E-state index in [0.717, 1.165) is 6.42 Å². The van der Waals surface area contributed by atoms with Crippen LogP contribution < -0.4 is 5.32 Å². The summed E-state index contributed by atoms with van der Waals surface area (Å²) >= 11 is 0. The molecular weight excluding hydrogens is 280 g/mol. The van der Waals surface area contributed by atoms with E-state index >= 15 is 0 Å². The molecule has 0 spiro atoms. The second-order valence-corrected chi connectivity index (χ2v) is 5.66. The highest BCUT2D eigenvalue weighted by molar-refractivity contribution is 5.92. The van der Waals surface area contributed by atoms with Crippen molar-refractivity contribution < 1.29 is 9.59 Å². The summed E-state index contributed by atoms with van der Waals surface area (Å²) in [5, 5.41) is 2.97. The van der Waals surface area contributed by atoms with Crippen molar-refractivity contribution in [2.24, 2.45) is 0 Å². The van der Waals surface area contributed by atoms with Gasteiger partial charge in [0.25, 0.3) is 5.91 Å². The summed E-state index contributed by atoms with van der Waals surface area (Å²) in [6.07, 6.45) is 2.56. The molecule has 1 aliphatic rings. The van der Waals surface area contributed by atoms with Gasteiger partial charge in [0.15, 0.2) is 0 Å². The van der Waals surface area contributed by atoms with E-state index in [9.17, 15) is 9.59 Å². The predicted molar refractivity (Wildman–Crippen MR) is 84.5 cm³/mol. The molecule has 0 aliphatic carbocycles. The lowest BCUT2D eigenvalue weighted by Gasteiger charge is -2.34. The number of hydrogen-bond acceptors (Lipinski definition) is 4. The third kappa shape index (κ3) is 4.53. The van der Waals surface area contributed by atoms with Crippen molar-refractivity contribution in [2.75, 3.05) is 32.7 Å². The number of nitrogens with zero attached hydrogens (tertiary/aromatic N) is 3. The molecule has 22 heavy (non-hydrogen) atoms. The summed E-state index contributed by atoms with van der Waals surface area (Å²) < 4.78 is 0. The molecule has 2 amide bonds. The van der Waals surface area contributed by atoms with Gasteiger partial charge in [0, 0.05) is 38.4 Å². The molecule has 2 rings (SSSR count). The normalized spacial score (nSPS) is 17.1. The average Bonchev–Trinajstić information content (AvgIpc) is 2.55. The molecule has 1 aromatic rings. The molecule has 2 heterocycles. The fraction of sp³-hybridized carbons (Fsp3) is 0.562. The van der Waals surface area contributed by atoms with Crippen LogP contribution in [0.2, 0.25) is 0 Å². The highest BCUT2D eigenvalue weighted by Crippen LogP contribution is 2.06. The van der Waals surface area contributed by atoms with Gasteiger partial charge in [0.2, 0.25) is 5.91 Å². The number of rotatable bonds is 5. The molecule has 0 bridgehead atoms. The first-order valence-corrected chi connectivity index (χ1v) is 7.82. The molecule has 1 fully saturated rings. The Kier molecular flexibility index (Phi) is 5.89. The van der Waals surface area contributed by atoms with Crippen LogP contribution in [0.1, 0.15) is 30.8 Å². The Balaban J connectivity index is 1.78. The van der Waals surface area contributed by atoms with Gasteiger partial charge in [-0.2, -0.15) is 0 Å². The van der Waals surface area contributed by atoms with Crippen molar-refractivity contribution in [3.05, 3.63) is 30.1 Å². The standard InChI is InChI=1S/C16H24N4O2/c1-3-13(2)18-15(21)12-19-8-10-20(11-9-19)16(22)14-6-4-5-7-17-14/h4-7,13H,3,8-12H2,1-2H3,(H,18,21). The van der Waals surface area contributed by atoms with Crippen LogP contribution in [0, 0.1) is 0 Å². The summed E-state index contributed by atoms with van der Waals surface area (Å²) in [5.74, 6) is 0.0168. The maximum atomic E-state index is 12.3. The molecular formula is C16H24N4O2. The van der Waals surface area contributed by atoms with Gasteiger partial charge < -0.3 is 10.2 Å². The van der Waals surface area contributed by atoms with Gasteiger partial charge in [-0.3, -0.25) is 19.5 Å². The van der Waals surface area contributed by atoms with Crippen LogP contribution in [0.4, 0.5) is 0 Å². The lowest BCUT2D eigenvalue weighted by Crippen LogP contribution is -2.51. The molecule has 6 heteroatoms. The second kappa shape index (κ2) is 7.89. The molecule has 0 radical (unpaired) electrons. The van der Waals surface area contributed by atoms with E-state index in [0.29, 0.717) is 38.4 Å². The smallest absolute Gasteiger partial charge is 0.272 e. The number of hydrogen-bond donors (Lipinski definition) is 1. The van der Waals surface area contributed by atoms with Crippen molar-refractivity contribution in [3.63, 3.8) is 0 Å². The number of carbonyl (C=O) groups is 2. The minimum Gasteiger partial charge on any atom is -0.353 e. The molecule has 0 saturated carbocycles. The number of nitrogens with one attached hydrogen (secondary N) is 1. The molecule has 120 valence electrons. The topological polar surface area (TPSA) is 65.5 Å². The van der Waals surface area contributed by atoms with Crippen LogP contribution in [-0.4, -0.2) is 65.4 Å². The highest BCUT2D eigenvalue weighted by Gasteiger charge is 2.23. The zero-order valence-corrected chi connectivity index (χ0v) is 13.3. The van der Waals surface area contributed by atoms with Gasteiger partial charge in [-0.15, -0.1) is 0 Å². The van der Waals surface area contributed by atoms with E-state index in [1.165, 1.54) is 0 Å². The van der Waals surface area contributed by atoms with E-state index in [2.05, 4.69) is 15.2 Å². The minimum absolute atomic E-state index is 0.0377. The van der Waals surface area contributed by atoms with E-state index in [4.69, 9.17) is 0 Å². The third-order valence-corrected chi connectivity index (χ3v) is 3.93. The van der Waals surface area contributed by atoms with Gasteiger partial charge in [-0.1, -0.05) is 13.0 Å². The average molecular weight is 304 g/mol. The molecule has 1 unspecified atom stereocenters. The first-order valence-electron chi connectivity index (χ1n) is 7.82. The molecule has 1 aromatic heterocycles. The lowest BCUT2D eigenvalue weighted by atomic mass is 10.2. The quantitative estimate of drug-likeness (QED) is 0.872. The Morgan fingerprint density at radius 1 is 1.27 bits per heavy atom. The fourth-order valence-corrected chi connectivity index (χ4v) is 2.39. The number of carbonyl (C=O) groups excluding carboxylic acids is 2. The SMILES string of the molecule is CCC(C)NC(=O)CN1CCN(C(=O)c2ccccn2)CC1. The van der Waals surface area contributed by atoms with Gasteiger partial charge in [-0.05, 0) is 25.5 Å². The molecule has 1 atom stereocenters. The van der Waals surface area contributed by atoms with Gasteiger partial charge in [0.05, 0.1) is 6.54 Å².